The third kappa shape index (κ3) is 2.30. The smallest absolute Gasteiger partial charge is 0.152 e. The largest absolute Gasteiger partial charge is 0.387 e. The Bertz CT molecular complexity index is 608. The lowest BCUT2D eigenvalue weighted by atomic mass is 9.80. The van der Waals surface area contributed by atoms with Crippen molar-refractivity contribution in [1.82, 2.24) is 0 Å². The lowest BCUT2D eigenvalue weighted by molar-refractivity contribution is 0.0787. The molecule has 1 fully saturated rings. The molecule has 1 heterocycles. The Morgan fingerprint density at radius 1 is 1.44 bits per heavy atom. The highest BCUT2D eigenvalue weighted by Gasteiger charge is 2.48. The first-order valence-corrected chi connectivity index (χ1v) is 8.06. The molecule has 2 unspecified atom stereocenters. The predicted molar refractivity (Wildman–Crippen MR) is 70.4 cm³/mol. The quantitative estimate of drug-likeness (QED) is 0.897. The van der Waals surface area contributed by atoms with Gasteiger partial charge in [-0.25, -0.2) is 8.42 Å². The number of hydrogen-bond donors (Lipinski definition) is 1. The van der Waals surface area contributed by atoms with Crippen molar-refractivity contribution in [2.75, 3.05) is 11.5 Å². The molecule has 1 aliphatic rings. The summed E-state index contributed by atoms with van der Waals surface area (Å²) in [6, 6.07) is 9.00. The number of sulfone groups is 1. The maximum absolute atomic E-state index is 11.6. The first-order chi connectivity index (χ1) is 8.40. The van der Waals surface area contributed by atoms with Gasteiger partial charge in [0, 0.05) is 4.47 Å². The molecule has 6 heteroatoms. The number of aliphatic hydroxyl groups is 1. The second-order valence-electron chi connectivity index (χ2n) is 4.53. The van der Waals surface area contributed by atoms with E-state index in [2.05, 4.69) is 15.9 Å². The van der Waals surface area contributed by atoms with Gasteiger partial charge in [-0.1, -0.05) is 34.1 Å². The van der Waals surface area contributed by atoms with E-state index in [0.717, 1.165) is 0 Å². The number of benzene rings is 1. The Labute approximate surface area is 114 Å². The molecule has 96 valence electrons. The molecule has 2 rings (SSSR count). The lowest BCUT2D eigenvalue weighted by Crippen LogP contribution is -2.29. The molecule has 18 heavy (non-hydrogen) atoms. The van der Waals surface area contributed by atoms with Crippen molar-refractivity contribution in [2.45, 2.75) is 12.5 Å². The fourth-order valence-corrected chi connectivity index (χ4v) is 4.71. The Kier molecular flexibility index (Phi) is 3.49. The average Bonchev–Trinajstić information content (AvgIpc) is 2.66. The highest BCUT2D eigenvalue weighted by Crippen LogP contribution is 2.44. The van der Waals surface area contributed by atoms with Gasteiger partial charge in [0.2, 0.25) is 0 Å². The highest BCUT2D eigenvalue weighted by molar-refractivity contribution is 9.10. The summed E-state index contributed by atoms with van der Waals surface area (Å²) in [5, 5.41) is 19.6. The number of halogens is 1. The zero-order chi connectivity index (χ0) is 13.4. The van der Waals surface area contributed by atoms with Crippen LogP contribution in [0.5, 0.6) is 0 Å². The van der Waals surface area contributed by atoms with Crippen molar-refractivity contribution in [1.29, 1.82) is 5.26 Å². The van der Waals surface area contributed by atoms with Crippen LogP contribution in [0.3, 0.4) is 0 Å². The number of aliphatic hydroxyl groups excluding tert-OH is 1. The molecular formula is C12H12BrNO3S. The van der Waals surface area contributed by atoms with Crippen LogP contribution in [0.1, 0.15) is 18.1 Å². The minimum atomic E-state index is -3.23. The molecule has 0 saturated carbocycles. The SMILES string of the molecule is N#CC1(C(O)c2ccccc2Br)CCS(=O)(=O)C1. The fraction of sp³-hybridized carbons (Fsp3) is 0.417. The summed E-state index contributed by atoms with van der Waals surface area (Å²) in [7, 11) is -3.23. The van der Waals surface area contributed by atoms with Crippen LogP contribution in [0, 0.1) is 16.7 Å². The molecule has 0 aromatic heterocycles. The van der Waals surface area contributed by atoms with E-state index < -0.39 is 21.4 Å². The van der Waals surface area contributed by atoms with E-state index in [9.17, 15) is 18.8 Å². The van der Waals surface area contributed by atoms with E-state index in [1.807, 2.05) is 6.07 Å². The standard InChI is InChI=1S/C12H12BrNO3S/c13-10-4-2-1-3-9(10)11(15)12(7-14)5-6-18(16,17)8-12/h1-4,11,15H,5-6,8H2. The van der Waals surface area contributed by atoms with E-state index >= 15 is 0 Å². The Hall–Kier alpha value is -0.900. The van der Waals surface area contributed by atoms with Crippen LogP contribution in [-0.2, 0) is 9.84 Å². The van der Waals surface area contributed by atoms with Gasteiger partial charge in [0.15, 0.2) is 9.84 Å². The molecule has 0 radical (unpaired) electrons. The molecular weight excluding hydrogens is 318 g/mol. The van der Waals surface area contributed by atoms with Crippen LogP contribution in [0.2, 0.25) is 0 Å². The fourth-order valence-electron chi connectivity index (χ4n) is 2.23. The zero-order valence-corrected chi connectivity index (χ0v) is 11.9. The van der Waals surface area contributed by atoms with Gasteiger partial charge < -0.3 is 5.11 Å². The summed E-state index contributed by atoms with van der Waals surface area (Å²) in [5.41, 5.74) is -0.681. The number of hydrogen-bond acceptors (Lipinski definition) is 4. The number of nitrogens with zero attached hydrogens (tertiary/aromatic N) is 1. The maximum atomic E-state index is 11.6. The van der Waals surface area contributed by atoms with Crippen LogP contribution < -0.4 is 0 Å². The Morgan fingerprint density at radius 3 is 2.61 bits per heavy atom. The molecule has 2 atom stereocenters. The topological polar surface area (TPSA) is 78.2 Å². The van der Waals surface area contributed by atoms with Gasteiger partial charge in [-0.05, 0) is 18.1 Å². The van der Waals surface area contributed by atoms with Crippen molar-refractivity contribution in [3.8, 4) is 6.07 Å². The second-order valence-corrected chi connectivity index (χ2v) is 7.57. The molecule has 1 saturated heterocycles. The van der Waals surface area contributed by atoms with Gasteiger partial charge in [0.1, 0.15) is 5.41 Å². The first kappa shape index (κ1) is 13.5. The third-order valence-electron chi connectivity index (χ3n) is 3.28. The van der Waals surface area contributed by atoms with Gasteiger partial charge in [-0.2, -0.15) is 5.26 Å². The van der Waals surface area contributed by atoms with Crippen LogP contribution in [0.25, 0.3) is 0 Å². The average molecular weight is 330 g/mol. The summed E-state index contributed by atoms with van der Waals surface area (Å²) >= 11 is 3.31. The van der Waals surface area contributed by atoms with Crippen molar-refractivity contribution < 1.29 is 13.5 Å². The zero-order valence-electron chi connectivity index (χ0n) is 9.51. The van der Waals surface area contributed by atoms with E-state index in [4.69, 9.17) is 0 Å². The van der Waals surface area contributed by atoms with Gasteiger partial charge in [-0.3, -0.25) is 0 Å². The van der Waals surface area contributed by atoms with E-state index in [0.29, 0.717) is 10.0 Å². The van der Waals surface area contributed by atoms with Crippen molar-refractivity contribution in [2.24, 2.45) is 5.41 Å². The van der Waals surface area contributed by atoms with Gasteiger partial charge >= 0.3 is 0 Å². The monoisotopic (exact) mass is 329 g/mol. The summed E-state index contributed by atoms with van der Waals surface area (Å²) in [5.74, 6) is -0.318. The summed E-state index contributed by atoms with van der Waals surface area (Å²) < 4.78 is 23.8. The van der Waals surface area contributed by atoms with Crippen LogP contribution in [0.15, 0.2) is 28.7 Å². The van der Waals surface area contributed by atoms with Crippen LogP contribution in [-0.4, -0.2) is 25.0 Å². The van der Waals surface area contributed by atoms with Crippen molar-refractivity contribution in [3.63, 3.8) is 0 Å². The van der Waals surface area contributed by atoms with Gasteiger partial charge in [0.05, 0.1) is 23.7 Å². The summed E-state index contributed by atoms with van der Waals surface area (Å²) in [6.45, 7) is 0. The highest BCUT2D eigenvalue weighted by atomic mass is 79.9. The van der Waals surface area contributed by atoms with E-state index in [1.165, 1.54) is 0 Å². The first-order valence-electron chi connectivity index (χ1n) is 5.44. The Balaban J connectivity index is 2.42. The summed E-state index contributed by atoms with van der Waals surface area (Å²) in [4.78, 5) is 0. The molecule has 0 bridgehead atoms. The molecule has 0 aliphatic carbocycles. The minimum Gasteiger partial charge on any atom is -0.387 e. The molecule has 1 aromatic carbocycles. The molecule has 4 nitrogen and oxygen atoms in total. The second kappa shape index (κ2) is 4.65. The lowest BCUT2D eigenvalue weighted by Gasteiger charge is -2.26. The van der Waals surface area contributed by atoms with Gasteiger partial charge in [-0.15, -0.1) is 0 Å². The van der Waals surface area contributed by atoms with Gasteiger partial charge in [0.25, 0.3) is 0 Å². The maximum Gasteiger partial charge on any atom is 0.152 e. The molecule has 0 spiro atoms. The molecule has 0 amide bonds. The number of rotatable bonds is 2. The Morgan fingerprint density at radius 2 is 2.11 bits per heavy atom. The number of nitriles is 1. The normalized spacial score (nSPS) is 27.6. The third-order valence-corrected chi connectivity index (χ3v) is 5.79. The predicted octanol–water partition coefficient (Wildman–Crippen LogP) is 1.81. The van der Waals surface area contributed by atoms with E-state index in [-0.39, 0.29) is 17.9 Å². The molecule has 1 aromatic rings. The van der Waals surface area contributed by atoms with Crippen LogP contribution in [0.4, 0.5) is 0 Å². The minimum absolute atomic E-state index is 0.0396. The molecule has 1 N–H and O–H groups in total. The van der Waals surface area contributed by atoms with E-state index in [1.54, 1.807) is 24.3 Å². The van der Waals surface area contributed by atoms with Crippen LogP contribution >= 0.6 is 15.9 Å². The van der Waals surface area contributed by atoms with Crippen molar-refractivity contribution >= 4 is 25.8 Å². The molecule has 1 aliphatic heterocycles. The van der Waals surface area contributed by atoms with Crippen molar-refractivity contribution in [3.05, 3.63) is 34.3 Å². The summed E-state index contributed by atoms with van der Waals surface area (Å²) in [6.07, 6.45) is -0.927.